The van der Waals surface area contributed by atoms with Crippen LogP contribution < -0.4 is 16.3 Å². The summed E-state index contributed by atoms with van der Waals surface area (Å²) in [5, 5.41) is 11.0. The summed E-state index contributed by atoms with van der Waals surface area (Å²) in [6, 6.07) is 0. The van der Waals surface area contributed by atoms with E-state index in [9.17, 15) is 4.79 Å². The van der Waals surface area contributed by atoms with Gasteiger partial charge in [-0.05, 0) is 32.6 Å². The van der Waals surface area contributed by atoms with Crippen molar-refractivity contribution >= 4 is 5.96 Å². The van der Waals surface area contributed by atoms with E-state index in [1.807, 2.05) is 11.5 Å². The Kier molecular flexibility index (Phi) is 9.93. The fourth-order valence-electron chi connectivity index (χ4n) is 2.97. The predicted molar refractivity (Wildman–Crippen MR) is 105 cm³/mol. The van der Waals surface area contributed by atoms with Gasteiger partial charge in [0.25, 0.3) is 0 Å². The van der Waals surface area contributed by atoms with Gasteiger partial charge in [0.05, 0.1) is 13.2 Å². The highest BCUT2D eigenvalue weighted by molar-refractivity contribution is 5.79. The molecular weight excluding hydrogens is 348 g/mol. The molecule has 0 bridgehead atoms. The highest BCUT2D eigenvalue weighted by Crippen LogP contribution is 2.09. The van der Waals surface area contributed by atoms with Gasteiger partial charge in [0.15, 0.2) is 5.96 Å². The molecule has 0 saturated carbocycles. The third-order valence-corrected chi connectivity index (χ3v) is 4.36. The lowest BCUT2D eigenvalue weighted by atomic mass is 10.2. The number of hydrogen-bond donors (Lipinski definition) is 2. The van der Waals surface area contributed by atoms with Crippen LogP contribution in [0.5, 0.6) is 0 Å². The standard InChI is InChI=1S/C18H34N6O3/c1-3-19-17(21-10-7-13-27-15-14-26-2)20-9-6-12-24-18(25)23-11-5-4-8-16(23)22-24/h3-15H2,1-2H3,(H2,19,20,21). The van der Waals surface area contributed by atoms with Crippen LogP contribution in [-0.2, 0) is 29.0 Å². The molecule has 0 aromatic carbocycles. The van der Waals surface area contributed by atoms with Gasteiger partial charge in [-0.15, -0.1) is 0 Å². The largest absolute Gasteiger partial charge is 0.382 e. The third kappa shape index (κ3) is 7.34. The van der Waals surface area contributed by atoms with Crippen molar-refractivity contribution < 1.29 is 9.47 Å². The first-order chi connectivity index (χ1) is 13.3. The topological polar surface area (TPSA) is 94.7 Å². The molecule has 154 valence electrons. The van der Waals surface area contributed by atoms with Gasteiger partial charge in [0.1, 0.15) is 5.82 Å². The molecule has 9 heteroatoms. The van der Waals surface area contributed by atoms with Crippen LogP contribution in [-0.4, -0.2) is 66.9 Å². The molecule has 0 amide bonds. The zero-order chi connectivity index (χ0) is 19.3. The summed E-state index contributed by atoms with van der Waals surface area (Å²) >= 11 is 0. The second-order valence-corrected chi connectivity index (χ2v) is 6.53. The number of methoxy groups -OCH3 is 1. The van der Waals surface area contributed by atoms with Crippen LogP contribution in [0, 0.1) is 0 Å². The number of nitrogens with one attached hydrogen (secondary N) is 2. The van der Waals surface area contributed by atoms with Gasteiger partial charge in [0.2, 0.25) is 0 Å². The zero-order valence-electron chi connectivity index (χ0n) is 16.7. The van der Waals surface area contributed by atoms with Crippen LogP contribution in [0.4, 0.5) is 0 Å². The predicted octanol–water partition coefficient (Wildman–Crippen LogP) is 0.379. The molecule has 1 aromatic heterocycles. The minimum Gasteiger partial charge on any atom is -0.382 e. The first-order valence-corrected chi connectivity index (χ1v) is 10.0. The molecule has 1 aliphatic heterocycles. The molecule has 2 N–H and O–H groups in total. The van der Waals surface area contributed by atoms with E-state index in [2.05, 4.69) is 20.7 Å². The molecule has 0 aliphatic carbocycles. The third-order valence-electron chi connectivity index (χ3n) is 4.36. The maximum atomic E-state index is 12.3. The number of nitrogens with zero attached hydrogens (tertiary/aromatic N) is 4. The SMILES string of the molecule is CCNC(=NCCCn1nc2n(c1=O)CCCC2)NCCCOCCOC. The quantitative estimate of drug-likeness (QED) is 0.308. The molecule has 0 radical (unpaired) electrons. The number of guanidine groups is 1. The molecule has 9 nitrogen and oxygen atoms in total. The molecule has 1 aliphatic rings. The van der Waals surface area contributed by atoms with E-state index in [4.69, 9.17) is 9.47 Å². The van der Waals surface area contributed by atoms with Gasteiger partial charge in [-0.1, -0.05) is 0 Å². The van der Waals surface area contributed by atoms with Gasteiger partial charge in [-0.3, -0.25) is 9.56 Å². The summed E-state index contributed by atoms with van der Waals surface area (Å²) in [6.45, 7) is 7.65. The smallest absolute Gasteiger partial charge is 0.345 e. The molecule has 2 rings (SSSR count). The molecule has 27 heavy (non-hydrogen) atoms. The van der Waals surface area contributed by atoms with Crippen LogP contribution in [0.25, 0.3) is 0 Å². The van der Waals surface area contributed by atoms with Crippen LogP contribution in [0.15, 0.2) is 9.79 Å². The monoisotopic (exact) mass is 382 g/mol. The fraction of sp³-hybridized carbons (Fsp3) is 0.833. The van der Waals surface area contributed by atoms with E-state index >= 15 is 0 Å². The molecule has 0 spiro atoms. The van der Waals surface area contributed by atoms with Crippen molar-refractivity contribution in [2.75, 3.05) is 46.6 Å². The molecule has 2 heterocycles. The molecular formula is C18H34N6O3. The van der Waals surface area contributed by atoms with E-state index in [-0.39, 0.29) is 5.69 Å². The summed E-state index contributed by atoms with van der Waals surface area (Å²) < 4.78 is 13.8. The minimum absolute atomic E-state index is 0.0205. The average molecular weight is 383 g/mol. The van der Waals surface area contributed by atoms with E-state index in [0.717, 1.165) is 63.5 Å². The first-order valence-electron chi connectivity index (χ1n) is 10.0. The average Bonchev–Trinajstić information content (AvgIpc) is 3.00. The number of aromatic nitrogens is 3. The van der Waals surface area contributed by atoms with Crippen molar-refractivity contribution in [3.63, 3.8) is 0 Å². The number of hydrogen-bond acceptors (Lipinski definition) is 5. The lowest BCUT2D eigenvalue weighted by Crippen LogP contribution is -2.38. The van der Waals surface area contributed by atoms with Crippen LogP contribution >= 0.6 is 0 Å². The molecule has 0 saturated heterocycles. The van der Waals surface area contributed by atoms with Gasteiger partial charge < -0.3 is 20.1 Å². The summed E-state index contributed by atoms with van der Waals surface area (Å²) in [5.41, 5.74) is 0.0205. The summed E-state index contributed by atoms with van der Waals surface area (Å²) in [4.78, 5) is 16.9. The number of fused-ring (bicyclic) bond motifs is 1. The number of rotatable bonds is 12. The normalized spacial score (nSPS) is 14.2. The van der Waals surface area contributed by atoms with Gasteiger partial charge in [-0.25, -0.2) is 9.48 Å². The molecule has 0 atom stereocenters. The van der Waals surface area contributed by atoms with Crippen molar-refractivity contribution in [1.82, 2.24) is 25.0 Å². The molecule has 0 unspecified atom stereocenters. The molecule has 1 aromatic rings. The Morgan fingerprint density at radius 1 is 1.22 bits per heavy atom. The summed E-state index contributed by atoms with van der Waals surface area (Å²) in [5.74, 6) is 1.73. The lowest BCUT2D eigenvalue weighted by molar-refractivity contribution is 0.0698. The van der Waals surface area contributed by atoms with Crippen molar-refractivity contribution in [1.29, 1.82) is 0 Å². The lowest BCUT2D eigenvalue weighted by Gasteiger charge is -2.11. The number of ether oxygens (including phenoxy) is 2. The van der Waals surface area contributed by atoms with Crippen LogP contribution in [0.1, 0.15) is 38.4 Å². The van der Waals surface area contributed by atoms with Gasteiger partial charge in [-0.2, -0.15) is 5.10 Å². The van der Waals surface area contributed by atoms with Crippen molar-refractivity contribution in [2.45, 2.75) is 52.1 Å². The second-order valence-electron chi connectivity index (χ2n) is 6.53. The number of aliphatic imine (C=N–C) groups is 1. The van der Waals surface area contributed by atoms with Gasteiger partial charge in [0, 0.05) is 52.9 Å². The maximum absolute atomic E-state index is 12.3. The Balaban J connectivity index is 1.68. The van der Waals surface area contributed by atoms with E-state index in [1.165, 1.54) is 0 Å². The first kappa shape index (κ1) is 21.4. The van der Waals surface area contributed by atoms with Crippen LogP contribution in [0.3, 0.4) is 0 Å². The van der Waals surface area contributed by atoms with Crippen molar-refractivity contribution in [3.05, 3.63) is 16.3 Å². The zero-order valence-corrected chi connectivity index (χ0v) is 16.7. The Morgan fingerprint density at radius 2 is 2.11 bits per heavy atom. The Morgan fingerprint density at radius 3 is 2.89 bits per heavy atom. The second kappa shape index (κ2) is 12.5. The Hall–Kier alpha value is -1.87. The molecule has 0 fully saturated rings. The van der Waals surface area contributed by atoms with Crippen molar-refractivity contribution in [3.8, 4) is 0 Å². The minimum atomic E-state index is 0.0205. The highest BCUT2D eigenvalue weighted by atomic mass is 16.5. The summed E-state index contributed by atoms with van der Waals surface area (Å²) in [6.07, 6.45) is 4.79. The Labute approximate surface area is 161 Å². The van der Waals surface area contributed by atoms with Gasteiger partial charge >= 0.3 is 5.69 Å². The van der Waals surface area contributed by atoms with Crippen molar-refractivity contribution in [2.24, 2.45) is 4.99 Å². The fourth-order valence-corrected chi connectivity index (χ4v) is 2.97. The van der Waals surface area contributed by atoms with E-state index in [1.54, 1.807) is 11.8 Å². The highest BCUT2D eigenvalue weighted by Gasteiger charge is 2.16. The van der Waals surface area contributed by atoms with E-state index < -0.39 is 0 Å². The number of aryl methyl sites for hydroxylation is 2. The summed E-state index contributed by atoms with van der Waals surface area (Å²) in [7, 11) is 1.67. The maximum Gasteiger partial charge on any atom is 0.345 e. The van der Waals surface area contributed by atoms with E-state index in [0.29, 0.717) is 32.9 Å². The van der Waals surface area contributed by atoms with Crippen LogP contribution in [0.2, 0.25) is 0 Å². The Bertz CT molecular complexity index is 625.